The number of nitrogens with one attached hydrogen (secondary N) is 1. The highest BCUT2D eigenvalue weighted by Gasteiger charge is 2.32. The molecule has 1 N–H and O–H groups in total. The average Bonchev–Trinajstić information content (AvgIpc) is 3.08. The highest BCUT2D eigenvalue weighted by molar-refractivity contribution is 8.15. The van der Waals surface area contributed by atoms with Gasteiger partial charge in [0.25, 0.3) is 0 Å². The Kier molecular flexibility index (Phi) is 6.89. The molecule has 30 heavy (non-hydrogen) atoms. The topological polar surface area (TPSA) is 89.4 Å². The van der Waals surface area contributed by atoms with Gasteiger partial charge in [0.2, 0.25) is 5.91 Å². The van der Waals surface area contributed by atoms with Crippen LogP contribution in [0.5, 0.6) is 11.5 Å². The molecule has 1 atom stereocenters. The lowest BCUT2D eigenvalue weighted by atomic mass is 9.99. The van der Waals surface area contributed by atoms with E-state index in [2.05, 4.69) is 15.5 Å². The molecule has 1 aliphatic heterocycles. The van der Waals surface area contributed by atoms with Crippen molar-refractivity contribution in [1.82, 2.24) is 5.32 Å². The fourth-order valence-corrected chi connectivity index (χ4v) is 3.91. The molecule has 0 saturated carbocycles. The second kappa shape index (κ2) is 9.58. The molecule has 0 aliphatic carbocycles. The molecule has 0 spiro atoms. The molecule has 0 bridgehead atoms. The van der Waals surface area contributed by atoms with Crippen LogP contribution < -0.4 is 14.8 Å². The Hall–Kier alpha value is -3.13. The summed E-state index contributed by atoms with van der Waals surface area (Å²) in [5, 5.41) is 10.6. The van der Waals surface area contributed by atoms with E-state index in [-0.39, 0.29) is 18.1 Å². The Morgan fingerprint density at radius 3 is 2.63 bits per heavy atom. The molecule has 1 unspecified atom stereocenters. The molecule has 2 aromatic carbocycles. The van der Waals surface area contributed by atoms with Gasteiger partial charge in [-0.3, -0.25) is 9.59 Å². The number of ketones is 1. The molecular formula is C22H23N3O4S. The van der Waals surface area contributed by atoms with Crippen LogP contribution in [-0.4, -0.2) is 42.5 Å². The average molecular weight is 426 g/mol. The standard InChI is InChI=1S/C22H23N3O4S/c1-13-5-6-14(2)16(9-13)17(26)11-20-21(27)24-22(30-20)25-23-12-15-7-8-18(28-3)19(10-15)29-4/h5-10,12,20H,11H2,1-4H3,(H,24,25,27)/b23-12+. The first kappa shape index (κ1) is 21.6. The number of thioether (sulfide) groups is 1. The van der Waals surface area contributed by atoms with Gasteiger partial charge in [0.15, 0.2) is 22.4 Å². The lowest BCUT2D eigenvalue weighted by Gasteiger charge is -2.08. The van der Waals surface area contributed by atoms with Crippen LogP contribution in [0.25, 0.3) is 0 Å². The number of rotatable bonds is 7. The molecule has 1 fully saturated rings. The number of amidine groups is 1. The Labute approximate surface area is 179 Å². The van der Waals surface area contributed by atoms with Gasteiger partial charge in [-0.2, -0.15) is 5.10 Å². The minimum Gasteiger partial charge on any atom is -0.493 e. The molecule has 1 aliphatic rings. The predicted octanol–water partition coefficient (Wildman–Crippen LogP) is 3.52. The van der Waals surface area contributed by atoms with Crippen molar-refractivity contribution in [2.45, 2.75) is 25.5 Å². The van der Waals surface area contributed by atoms with E-state index in [1.165, 1.54) is 11.8 Å². The van der Waals surface area contributed by atoms with Crippen molar-refractivity contribution in [2.75, 3.05) is 14.2 Å². The molecule has 3 rings (SSSR count). The van der Waals surface area contributed by atoms with Crippen LogP contribution in [0.2, 0.25) is 0 Å². The number of nitrogens with zero attached hydrogens (tertiary/aromatic N) is 2. The zero-order valence-electron chi connectivity index (χ0n) is 17.3. The number of amides is 1. The number of ether oxygens (including phenoxy) is 2. The zero-order valence-corrected chi connectivity index (χ0v) is 18.1. The van der Waals surface area contributed by atoms with Crippen molar-refractivity contribution in [3.63, 3.8) is 0 Å². The maximum Gasteiger partial charge on any atom is 0.240 e. The van der Waals surface area contributed by atoms with Gasteiger partial charge in [0.1, 0.15) is 0 Å². The highest BCUT2D eigenvalue weighted by Crippen LogP contribution is 2.27. The molecule has 8 heteroatoms. The molecule has 7 nitrogen and oxygen atoms in total. The molecule has 1 amide bonds. The SMILES string of the molecule is COc1ccc(/C=N/N=C2\NC(=O)C(CC(=O)c3cc(C)ccc3C)S2)cc1OC. The van der Waals surface area contributed by atoms with Crippen molar-refractivity contribution in [3.05, 3.63) is 58.7 Å². The third-order valence-corrected chi connectivity index (χ3v) is 5.68. The number of carbonyl (C=O) groups is 2. The number of aryl methyl sites for hydroxylation is 2. The van der Waals surface area contributed by atoms with Crippen LogP contribution >= 0.6 is 11.8 Å². The van der Waals surface area contributed by atoms with Crippen LogP contribution in [0.1, 0.15) is 33.5 Å². The maximum atomic E-state index is 12.7. The monoisotopic (exact) mass is 425 g/mol. The normalized spacial score (nSPS) is 17.4. The fraction of sp³-hybridized carbons (Fsp3) is 0.273. The van der Waals surface area contributed by atoms with Crippen molar-refractivity contribution in [3.8, 4) is 11.5 Å². The zero-order chi connectivity index (χ0) is 21.7. The smallest absolute Gasteiger partial charge is 0.240 e. The van der Waals surface area contributed by atoms with Crippen LogP contribution in [0, 0.1) is 13.8 Å². The summed E-state index contributed by atoms with van der Waals surface area (Å²) in [5.74, 6) is 0.913. The van der Waals surface area contributed by atoms with Gasteiger partial charge < -0.3 is 14.8 Å². The van der Waals surface area contributed by atoms with E-state index < -0.39 is 5.25 Å². The number of hydrogen-bond donors (Lipinski definition) is 1. The maximum absolute atomic E-state index is 12.7. The minimum atomic E-state index is -0.521. The van der Waals surface area contributed by atoms with Crippen LogP contribution in [0.4, 0.5) is 0 Å². The Morgan fingerprint density at radius 1 is 1.13 bits per heavy atom. The lowest BCUT2D eigenvalue weighted by Crippen LogP contribution is -2.26. The van der Waals surface area contributed by atoms with Crippen LogP contribution in [-0.2, 0) is 4.79 Å². The van der Waals surface area contributed by atoms with E-state index in [0.29, 0.717) is 22.2 Å². The molecule has 1 saturated heterocycles. The van der Waals surface area contributed by atoms with Gasteiger partial charge in [-0.25, -0.2) is 0 Å². The summed E-state index contributed by atoms with van der Waals surface area (Å²) in [6.45, 7) is 3.83. The first-order valence-corrected chi connectivity index (χ1v) is 10.2. The van der Waals surface area contributed by atoms with E-state index in [1.54, 1.807) is 32.6 Å². The molecule has 156 valence electrons. The Morgan fingerprint density at radius 2 is 1.90 bits per heavy atom. The largest absolute Gasteiger partial charge is 0.493 e. The van der Waals surface area contributed by atoms with Crippen molar-refractivity contribution in [2.24, 2.45) is 10.2 Å². The predicted molar refractivity (Wildman–Crippen MR) is 119 cm³/mol. The van der Waals surface area contributed by atoms with Gasteiger partial charge in [-0.1, -0.05) is 29.5 Å². The first-order valence-electron chi connectivity index (χ1n) is 9.32. The van der Waals surface area contributed by atoms with Crippen molar-refractivity contribution < 1.29 is 19.1 Å². The summed E-state index contributed by atoms with van der Waals surface area (Å²) in [6.07, 6.45) is 1.66. The summed E-state index contributed by atoms with van der Waals surface area (Å²) in [4.78, 5) is 24.9. The first-order chi connectivity index (χ1) is 14.4. The summed E-state index contributed by atoms with van der Waals surface area (Å²) in [5.41, 5.74) is 3.34. The molecule has 0 radical (unpaired) electrons. The highest BCUT2D eigenvalue weighted by atomic mass is 32.2. The molecule has 0 aromatic heterocycles. The van der Waals surface area contributed by atoms with Crippen molar-refractivity contribution >= 4 is 34.8 Å². The lowest BCUT2D eigenvalue weighted by molar-refractivity contribution is -0.118. The van der Waals surface area contributed by atoms with E-state index in [0.717, 1.165) is 16.7 Å². The molecular weight excluding hydrogens is 402 g/mol. The molecule has 2 aromatic rings. The van der Waals surface area contributed by atoms with E-state index in [1.807, 2.05) is 38.1 Å². The summed E-state index contributed by atoms with van der Waals surface area (Å²) >= 11 is 1.21. The van der Waals surface area contributed by atoms with E-state index >= 15 is 0 Å². The van der Waals surface area contributed by atoms with Gasteiger partial charge in [0.05, 0.1) is 25.7 Å². The number of methoxy groups -OCH3 is 2. The van der Waals surface area contributed by atoms with Crippen molar-refractivity contribution in [1.29, 1.82) is 0 Å². The van der Waals surface area contributed by atoms with E-state index in [9.17, 15) is 9.59 Å². The van der Waals surface area contributed by atoms with Gasteiger partial charge >= 0.3 is 0 Å². The number of hydrogen-bond acceptors (Lipinski definition) is 7. The third-order valence-electron chi connectivity index (χ3n) is 4.60. The fourth-order valence-electron chi connectivity index (χ4n) is 2.98. The van der Waals surface area contributed by atoms with Gasteiger partial charge in [-0.15, -0.1) is 5.10 Å². The van der Waals surface area contributed by atoms with Gasteiger partial charge in [-0.05, 0) is 49.2 Å². The minimum absolute atomic E-state index is 0.0565. The second-order valence-corrected chi connectivity index (χ2v) is 8.00. The molecule has 1 heterocycles. The Bertz CT molecular complexity index is 1030. The Balaban J connectivity index is 1.65. The summed E-state index contributed by atoms with van der Waals surface area (Å²) in [7, 11) is 3.13. The van der Waals surface area contributed by atoms with E-state index in [4.69, 9.17) is 9.47 Å². The summed E-state index contributed by atoms with van der Waals surface area (Å²) < 4.78 is 10.5. The third kappa shape index (κ3) is 5.07. The van der Waals surface area contributed by atoms with Crippen LogP contribution in [0.3, 0.4) is 0 Å². The van der Waals surface area contributed by atoms with Crippen LogP contribution in [0.15, 0.2) is 46.6 Å². The quantitative estimate of drug-likeness (QED) is 0.417. The second-order valence-electron chi connectivity index (χ2n) is 6.81. The summed E-state index contributed by atoms with van der Waals surface area (Å²) in [6, 6.07) is 11.1. The number of carbonyl (C=O) groups excluding carboxylic acids is 2. The number of Topliss-reactive ketones (excluding diaryl/α,β-unsaturated/α-hetero) is 1. The number of benzene rings is 2. The van der Waals surface area contributed by atoms with Gasteiger partial charge in [0, 0.05) is 12.0 Å².